The molecule has 0 spiro atoms. The van der Waals surface area contributed by atoms with Gasteiger partial charge in [0, 0.05) is 13.0 Å². The average molecular weight is 493 g/mol. The van der Waals surface area contributed by atoms with E-state index in [9.17, 15) is 14.7 Å². The van der Waals surface area contributed by atoms with Gasteiger partial charge in [0.1, 0.15) is 22.7 Å². The Balaban J connectivity index is 1.98. The molecule has 0 atom stereocenters. The number of ether oxygens (including phenoxy) is 2. The van der Waals surface area contributed by atoms with Gasteiger partial charge in [-0.3, -0.25) is 0 Å². The molecule has 1 N–H and O–H groups in total. The minimum Gasteiger partial charge on any atom is -0.461 e. The van der Waals surface area contributed by atoms with Gasteiger partial charge in [0.25, 0.3) is 0 Å². The third-order valence-corrected chi connectivity index (χ3v) is 5.56. The first-order valence-corrected chi connectivity index (χ1v) is 12.3. The van der Waals surface area contributed by atoms with Crippen LogP contribution in [0.4, 0.5) is 0 Å². The SMILES string of the molecule is CCOC(=O)c1c(C(C)(C)O)nc(CC)n1Cc1ccc(-c2ccccc2C(=O)OC(C)(C)C)cc1. The Kier molecular flexibility index (Phi) is 8.04. The van der Waals surface area contributed by atoms with E-state index >= 15 is 0 Å². The number of carbonyl (C=O) groups is 2. The van der Waals surface area contributed by atoms with Gasteiger partial charge in [-0.2, -0.15) is 0 Å². The van der Waals surface area contributed by atoms with Crippen molar-refractivity contribution in [1.82, 2.24) is 9.55 Å². The van der Waals surface area contributed by atoms with Gasteiger partial charge in [-0.25, -0.2) is 14.6 Å². The van der Waals surface area contributed by atoms with Crippen LogP contribution in [0.2, 0.25) is 0 Å². The van der Waals surface area contributed by atoms with Crippen molar-refractivity contribution in [2.45, 2.75) is 72.6 Å². The van der Waals surface area contributed by atoms with Crippen LogP contribution in [0.15, 0.2) is 48.5 Å². The number of benzene rings is 2. The molecule has 3 rings (SSSR count). The molecule has 0 radical (unpaired) electrons. The summed E-state index contributed by atoms with van der Waals surface area (Å²) in [7, 11) is 0. The first-order valence-electron chi connectivity index (χ1n) is 12.3. The first-order chi connectivity index (χ1) is 16.9. The minimum atomic E-state index is -1.30. The third kappa shape index (κ3) is 6.21. The zero-order valence-electron chi connectivity index (χ0n) is 22.2. The van der Waals surface area contributed by atoms with Gasteiger partial charge in [-0.15, -0.1) is 0 Å². The average Bonchev–Trinajstić information content (AvgIpc) is 3.17. The van der Waals surface area contributed by atoms with Gasteiger partial charge >= 0.3 is 11.9 Å². The summed E-state index contributed by atoms with van der Waals surface area (Å²) < 4.78 is 12.7. The van der Waals surface area contributed by atoms with Gasteiger partial charge in [0.05, 0.1) is 12.2 Å². The summed E-state index contributed by atoms with van der Waals surface area (Å²) in [6.45, 7) is 13.1. The molecule has 0 aliphatic heterocycles. The van der Waals surface area contributed by atoms with Gasteiger partial charge in [0.15, 0.2) is 5.69 Å². The summed E-state index contributed by atoms with van der Waals surface area (Å²) in [5.41, 5.74) is 1.79. The highest BCUT2D eigenvalue weighted by atomic mass is 16.6. The van der Waals surface area contributed by atoms with Crippen molar-refractivity contribution in [3.63, 3.8) is 0 Å². The lowest BCUT2D eigenvalue weighted by molar-refractivity contribution is 0.00701. The molecule has 7 nitrogen and oxygen atoms in total. The number of hydrogen-bond donors (Lipinski definition) is 1. The maximum Gasteiger partial charge on any atom is 0.357 e. The van der Waals surface area contributed by atoms with Crippen LogP contribution in [0, 0.1) is 0 Å². The molecule has 0 aliphatic carbocycles. The minimum absolute atomic E-state index is 0.225. The molecule has 0 saturated heterocycles. The van der Waals surface area contributed by atoms with Crippen molar-refractivity contribution in [3.05, 3.63) is 76.9 Å². The van der Waals surface area contributed by atoms with Crippen LogP contribution in [0.5, 0.6) is 0 Å². The molecule has 0 amide bonds. The van der Waals surface area contributed by atoms with E-state index in [1.54, 1.807) is 26.8 Å². The number of imidazole rings is 1. The van der Waals surface area contributed by atoms with Crippen molar-refractivity contribution >= 4 is 11.9 Å². The lowest BCUT2D eigenvalue weighted by Crippen LogP contribution is -2.24. The van der Waals surface area contributed by atoms with E-state index in [-0.39, 0.29) is 18.3 Å². The van der Waals surface area contributed by atoms with Crippen LogP contribution in [0.1, 0.15) is 86.4 Å². The maximum atomic E-state index is 12.9. The molecule has 7 heteroatoms. The Labute approximate surface area is 213 Å². The topological polar surface area (TPSA) is 90.6 Å². The largest absolute Gasteiger partial charge is 0.461 e. The van der Waals surface area contributed by atoms with E-state index in [1.807, 2.05) is 74.7 Å². The maximum absolute atomic E-state index is 12.9. The van der Waals surface area contributed by atoms with Gasteiger partial charge in [0.2, 0.25) is 0 Å². The van der Waals surface area contributed by atoms with Crippen molar-refractivity contribution in [2.24, 2.45) is 0 Å². The standard InChI is InChI=1S/C29H36N2O5/c1-8-23-30-25(29(6,7)34)24(27(33)35-9-2)31(23)18-19-14-16-20(17-15-19)21-12-10-11-13-22(21)26(32)36-28(3,4)5/h10-17,34H,8-9,18H2,1-7H3. The fourth-order valence-electron chi connectivity index (χ4n) is 3.99. The zero-order valence-corrected chi connectivity index (χ0v) is 22.2. The van der Waals surface area contributed by atoms with E-state index in [1.165, 1.54) is 0 Å². The molecule has 0 fully saturated rings. The first kappa shape index (κ1) is 27.1. The lowest BCUT2D eigenvalue weighted by atomic mass is 9.98. The second kappa shape index (κ2) is 10.7. The molecule has 2 aromatic carbocycles. The second-order valence-electron chi connectivity index (χ2n) is 10.2. The Hall–Kier alpha value is -3.45. The predicted molar refractivity (Wildman–Crippen MR) is 139 cm³/mol. The Bertz CT molecular complexity index is 1230. The molecule has 0 saturated carbocycles. The molecular formula is C29H36N2O5. The Morgan fingerprint density at radius 1 is 0.944 bits per heavy atom. The lowest BCUT2D eigenvalue weighted by Gasteiger charge is -2.20. The summed E-state index contributed by atoms with van der Waals surface area (Å²) in [5, 5.41) is 10.7. The fraction of sp³-hybridized carbons (Fsp3) is 0.414. The quantitative estimate of drug-likeness (QED) is 0.417. The van der Waals surface area contributed by atoms with E-state index < -0.39 is 17.2 Å². The van der Waals surface area contributed by atoms with Gasteiger partial charge in [-0.05, 0) is 64.3 Å². The monoisotopic (exact) mass is 492 g/mol. The van der Waals surface area contributed by atoms with Gasteiger partial charge < -0.3 is 19.1 Å². The van der Waals surface area contributed by atoms with Crippen LogP contribution in [-0.4, -0.2) is 38.8 Å². The molecule has 3 aromatic rings. The fourth-order valence-corrected chi connectivity index (χ4v) is 3.99. The highest BCUT2D eigenvalue weighted by Gasteiger charge is 2.32. The van der Waals surface area contributed by atoms with Crippen LogP contribution in [-0.2, 0) is 28.0 Å². The summed E-state index contributed by atoms with van der Waals surface area (Å²) in [5.74, 6) is -0.189. The Morgan fingerprint density at radius 2 is 1.58 bits per heavy atom. The molecule has 0 bridgehead atoms. The van der Waals surface area contributed by atoms with Crippen molar-refractivity contribution < 1.29 is 24.2 Å². The number of esters is 2. The van der Waals surface area contributed by atoms with Crippen molar-refractivity contribution in [3.8, 4) is 11.1 Å². The normalized spacial score (nSPS) is 11.9. The van der Waals surface area contributed by atoms with E-state index in [0.717, 1.165) is 16.7 Å². The van der Waals surface area contributed by atoms with E-state index in [0.29, 0.717) is 30.0 Å². The molecule has 192 valence electrons. The summed E-state index contributed by atoms with van der Waals surface area (Å²) in [4.78, 5) is 30.2. The van der Waals surface area contributed by atoms with Gasteiger partial charge in [-0.1, -0.05) is 49.4 Å². The van der Waals surface area contributed by atoms with Crippen molar-refractivity contribution in [2.75, 3.05) is 6.61 Å². The number of nitrogens with zero attached hydrogens (tertiary/aromatic N) is 2. The van der Waals surface area contributed by atoms with Crippen LogP contribution in [0.25, 0.3) is 11.1 Å². The third-order valence-electron chi connectivity index (χ3n) is 5.56. The number of carbonyl (C=O) groups excluding carboxylic acids is 2. The highest BCUT2D eigenvalue weighted by molar-refractivity contribution is 5.97. The number of aryl methyl sites for hydroxylation is 1. The van der Waals surface area contributed by atoms with Crippen molar-refractivity contribution in [1.29, 1.82) is 0 Å². The van der Waals surface area contributed by atoms with E-state index in [2.05, 4.69) is 4.98 Å². The Morgan fingerprint density at radius 3 is 2.14 bits per heavy atom. The molecular weight excluding hydrogens is 456 g/mol. The number of aromatic nitrogens is 2. The molecule has 0 unspecified atom stereocenters. The smallest absolute Gasteiger partial charge is 0.357 e. The molecule has 36 heavy (non-hydrogen) atoms. The highest BCUT2D eigenvalue weighted by Crippen LogP contribution is 2.29. The summed E-state index contributed by atoms with van der Waals surface area (Å²) >= 11 is 0. The number of rotatable bonds is 8. The molecule has 1 heterocycles. The van der Waals surface area contributed by atoms with Crippen LogP contribution >= 0.6 is 0 Å². The second-order valence-corrected chi connectivity index (χ2v) is 10.2. The zero-order chi connectivity index (χ0) is 26.7. The van der Waals surface area contributed by atoms with Crippen LogP contribution < -0.4 is 0 Å². The summed E-state index contributed by atoms with van der Waals surface area (Å²) in [6.07, 6.45) is 0.587. The summed E-state index contributed by atoms with van der Waals surface area (Å²) in [6, 6.07) is 15.2. The molecule has 0 aliphatic rings. The number of aliphatic hydroxyl groups is 1. The predicted octanol–water partition coefficient (Wildman–Crippen LogP) is 5.52. The van der Waals surface area contributed by atoms with Crippen LogP contribution in [0.3, 0.4) is 0 Å². The van der Waals surface area contributed by atoms with E-state index in [4.69, 9.17) is 9.47 Å². The molecule has 1 aromatic heterocycles. The number of hydrogen-bond acceptors (Lipinski definition) is 6.